The molecule has 2 aromatic rings. The van der Waals surface area contributed by atoms with Crippen molar-refractivity contribution >= 4 is 34.8 Å². The second kappa shape index (κ2) is 6.70. The second-order valence-corrected chi connectivity index (χ2v) is 8.92. The molecule has 9 heteroatoms. The van der Waals surface area contributed by atoms with Gasteiger partial charge in [-0.15, -0.1) is 0 Å². The van der Waals surface area contributed by atoms with Crippen molar-refractivity contribution in [1.82, 2.24) is 5.32 Å². The minimum atomic E-state index is -1.37. The summed E-state index contributed by atoms with van der Waals surface area (Å²) in [5.74, 6) is -3.08. The van der Waals surface area contributed by atoms with E-state index < -0.39 is 40.2 Å². The Bertz CT molecular complexity index is 1210. The Hall–Kier alpha value is -3.59. The zero-order valence-corrected chi connectivity index (χ0v) is 17.8. The Morgan fingerprint density at radius 1 is 1.06 bits per heavy atom. The fraction of sp³-hybridized carbons (Fsp3) is 0.348. The van der Waals surface area contributed by atoms with Crippen LogP contribution in [0, 0.1) is 34.8 Å². The Labute approximate surface area is 183 Å². The van der Waals surface area contributed by atoms with Gasteiger partial charge in [-0.25, -0.2) is 4.90 Å². The maximum atomic E-state index is 13.8. The van der Waals surface area contributed by atoms with Crippen LogP contribution in [0.5, 0.6) is 0 Å². The quantitative estimate of drug-likeness (QED) is 0.435. The monoisotopic (exact) mass is 434 g/mol. The SMILES string of the molecule is Cc1c(N2C(=O)[C@H]3[C@@H](C(C)C)N[C@@]4(C(=O)Nc5ccccc54)[C@H]3C2=O)cccc1[N+](=O)[O-]. The van der Waals surface area contributed by atoms with Gasteiger partial charge >= 0.3 is 0 Å². The number of rotatable bonds is 3. The summed E-state index contributed by atoms with van der Waals surface area (Å²) in [5.41, 5.74) is 0.135. The summed E-state index contributed by atoms with van der Waals surface area (Å²) < 4.78 is 0. The third-order valence-electron chi connectivity index (χ3n) is 6.99. The molecule has 0 unspecified atom stereocenters. The van der Waals surface area contributed by atoms with Gasteiger partial charge in [-0.05, 0) is 25.0 Å². The second-order valence-electron chi connectivity index (χ2n) is 8.92. The minimum absolute atomic E-state index is 0.0367. The Morgan fingerprint density at radius 3 is 2.47 bits per heavy atom. The van der Waals surface area contributed by atoms with Gasteiger partial charge in [0.15, 0.2) is 0 Å². The average molecular weight is 434 g/mol. The first kappa shape index (κ1) is 20.3. The summed E-state index contributed by atoms with van der Waals surface area (Å²) in [5, 5.41) is 17.6. The van der Waals surface area contributed by atoms with Crippen molar-refractivity contribution in [3.63, 3.8) is 0 Å². The van der Waals surface area contributed by atoms with Crippen LogP contribution in [0.25, 0.3) is 0 Å². The van der Waals surface area contributed by atoms with Gasteiger partial charge in [0.1, 0.15) is 5.54 Å². The van der Waals surface area contributed by atoms with Crippen molar-refractivity contribution < 1.29 is 19.3 Å². The van der Waals surface area contributed by atoms with Crippen LogP contribution in [0.2, 0.25) is 0 Å². The van der Waals surface area contributed by atoms with Crippen LogP contribution < -0.4 is 15.5 Å². The summed E-state index contributed by atoms with van der Waals surface area (Å²) in [4.78, 5) is 52.8. The summed E-state index contributed by atoms with van der Waals surface area (Å²) in [6.07, 6.45) is 0. The van der Waals surface area contributed by atoms with Crippen molar-refractivity contribution in [1.29, 1.82) is 0 Å². The Balaban J connectivity index is 1.70. The summed E-state index contributed by atoms with van der Waals surface area (Å²) in [7, 11) is 0. The number of imide groups is 1. The van der Waals surface area contributed by atoms with Crippen LogP contribution in [0.4, 0.5) is 17.1 Å². The number of carbonyl (C=O) groups is 3. The molecular weight excluding hydrogens is 412 g/mol. The summed E-state index contributed by atoms with van der Waals surface area (Å²) in [6.45, 7) is 5.39. The first-order valence-electron chi connectivity index (χ1n) is 10.5. The molecule has 0 saturated carbocycles. The van der Waals surface area contributed by atoms with E-state index >= 15 is 0 Å². The topological polar surface area (TPSA) is 122 Å². The molecule has 0 aromatic heterocycles. The molecule has 32 heavy (non-hydrogen) atoms. The molecular formula is C23H22N4O5. The number of amides is 3. The van der Waals surface area contributed by atoms with Crippen LogP contribution in [-0.4, -0.2) is 28.7 Å². The lowest BCUT2D eigenvalue weighted by Crippen LogP contribution is -2.54. The third kappa shape index (κ3) is 2.39. The predicted octanol–water partition coefficient (Wildman–Crippen LogP) is 2.48. The first-order valence-corrected chi connectivity index (χ1v) is 10.5. The van der Waals surface area contributed by atoms with E-state index in [-0.39, 0.29) is 28.8 Å². The maximum absolute atomic E-state index is 13.8. The highest BCUT2D eigenvalue weighted by Crippen LogP contribution is 2.54. The highest BCUT2D eigenvalue weighted by Gasteiger charge is 2.71. The molecule has 0 aliphatic carbocycles. The molecule has 3 aliphatic heterocycles. The molecule has 5 rings (SSSR count). The van der Waals surface area contributed by atoms with Crippen molar-refractivity contribution in [2.75, 3.05) is 10.2 Å². The fourth-order valence-corrected chi connectivity index (χ4v) is 5.55. The van der Waals surface area contributed by atoms with E-state index in [0.717, 1.165) is 4.90 Å². The van der Waals surface area contributed by atoms with E-state index in [0.29, 0.717) is 11.3 Å². The van der Waals surface area contributed by atoms with E-state index in [9.17, 15) is 24.5 Å². The smallest absolute Gasteiger partial charge is 0.274 e. The van der Waals surface area contributed by atoms with Crippen molar-refractivity contribution in [3.05, 3.63) is 63.7 Å². The highest BCUT2D eigenvalue weighted by atomic mass is 16.6. The zero-order chi connectivity index (χ0) is 22.9. The molecule has 2 N–H and O–H groups in total. The maximum Gasteiger partial charge on any atom is 0.274 e. The average Bonchev–Trinajstić information content (AvgIpc) is 3.34. The lowest BCUT2D eigenvalue weighted by molar-refractivity contribution is -0.385. The largest absolute Gasteiger partial charge is 0.324 e. The third-order valence-corrected chi connectivity index (χ3v) is 6.99. The number of hydrogen-bond acceptors (Lipinski definition) is 6. The molecule has 3 aliphatic rings. The molecule has 1 spiro atoms. The van der Waals surface area contributed by atoms with Crippen LogP contribution >= 0.6 is 0 Å². The number of nitrogens with zero attached hydrogens (tertiary/aromatic N) is 2. The molecule has 3 heterocycles. The lowest BCUT2D eigenvalue weighted by Gasteiger charge is -2.30. The lowest BCUT2D eigenvalue weighted by atomic mass is 9.76. The number of nitro groups is 1. The van der Waals surface area contributed by atoms with E-state index in [4.69, 9.17) is 0 Å². The molecule has 2 fully saturated rings. The van der Waals surface area contributed by atoms with Crippen LogP contribution in [-0.2, 0) is 19.9 Å². The normalized spacial score (nSPS) is 28.4. The van der Waals surface area contributed by atoms with Gasteiger partial charge in [0.2, 0.25) is 17.7 Å². The van der Waals surface area contributed by atoms with Gasteiger partial charge in [0.25, 0.3) is 5.69 Å². The van der Waals surface area contributed by atoms with Gasteiger partial charge in [0.05, 0.1) is 28.0 Å². The number of benzene rings is 2. The highest BCUT2D eigenvalue weighted by molar-refractivity contribution is 6.26. The van der Waals surface area contributed by atoms with Gasteiger partial charge in [-0.3, -0.25) is 29.8 Å². The molecule has 2 saturated heterocycles. The van der Waals surface area contributed by atoms with Crippen LogP contribution in [0.3, 0.4) is 0 Å². The van der Waals surface area contributed by atoms with E-state index in [1.807, 2.05) is 13.8 Å². The Morgan fingerprint density at radius 2 is 1.78 bits per heavy atom. The van der Waals surface area contributed by atoms with Crippen molar-refractivity contribution in [2.45, 2.75) is 32.4 Å². The molecule has 164 valence electrons. The molecule has 2 aromatic carbocycles. The predicted molar refractivity (Wildman–Crippen MR) is 116 cm³/mol. The van der Waals surface area contributed by atoms with E-state index in [1.165, 1.54) is 25.1 Å². The fourth-order valence-electron chi connectivity index (χ4n) is 5.55. The number of nitrogens with one attached hydrogen (secondary N) is 2. The van der Waals surface area contributed by atoms with Crippen LogP contribution in [0.15, 0.2) is 42.5 Å². The number of nitro benzene ring substituents is 1. The van der Waals surface area contributed by atoms with Crippen molar-refractivity contribution in [2.24, 2.45) is 17.8 Å². The van der Waals surface area contributed by atoms with Gasteiger partial charge in [-0.1, -0.05) is 38.1 Å². The number of fused-ring (bicyclic) bond motifs is 4. The van der Waals surface area contributed by atoms with E-state index in [1.54, 1.807) is 24.3 Å². The molecule has 0 radical (unpaired) electrons. The van der Waals surface area contributed by atoms with Crippen molar-refractivity contribution in [3.8, 4) is 0 Å². The molecule has 4 atom stereocenters. The number of hydrogen-bond donors (Lipinski definition) is 2. The van der Waals surface area contributed by atoms with E-state index in [2.05, 4.69) is 10.6 Å². The van der Waals surface area contributed by atoms with Gasteiger partial charge in [-0.2, -0.15) is 0 Å². The molecule has 3 amide bonds. The standard InChI is InChI=1S/C23H22N4O5/c1-11(2)19-17-18(23(25-19)13-7-4-5-8-14(13)24-22(23)30)21(29)26(20(17)28)15-9-6-10-16(12(15)3)27(31)32/h4-11,17-19,25H,1-3H3,(H,24,30)/t17-,18-,19-,23-/m1/s1. The first-order chi connectivity index (χ1) is 15.2. The Kier molecular flexibility index (Phi) is 4.26. The van der Waals surface area contributed by atoms with Gasteiger partial charge < -0.3 is 5.32 Å². The molecule has 9 nitrogen and oxygen atoms in total. The minimum Gasteiger partial charge on any atom is -0.324 e. The number of anilines is 2. The zero-order valence-electron chi connectivity index (χ0n) is 17.8. The summed E-state index contributed by atoms with van der Waals surface area (Å²) in [6, 6.07) is 11.1. The number of carbonyl (C=O) groups excluding carboxylic acids is 3. The van der Waals surface area contributed by atoms with Crippen LogP contribution in [0.1, 0.15) is 25.0 Å². The number of para-hydroxylation sites is 1. The summed E-state index contributed by atoms with van der Waals surface area (Å²) >= 11 is 0. The molecule has 0 bridgehead atoms. The van der Waals surface area contributed by atoms with Gasteiger partial charge in [0, 0.05) is 23.4 Å².